The number of hydrogen-bond acceptors (Lipinski definition) is 5. The maximum absolute atomic E-state index is 12.1. The van der Waals surface area contributed by atoms with Crippen LogP contribution in [0.15, 0.2) is 70.2 Å². The van der Waals surface area contributed by atoms with Crippen molar-refractivity contribution in [3.63, 3.8) is 0 Å². The normalized spacial score (nSPS) is 10.7. The second kappa shape index (κ2) is 13.1. The first-order chi connectivity index (χ1) is 16.9. The zero-order chi connectivity index (χ0) is 25.2. The Hall–Kier alpha value is -3.07. The van der Waals surface area contributed by atoms with Gasteiger partial charge in [-0.3, -0.25) is 9.59 Å². The molecule has 7 nitrogen and oxygen atoms in total. The third-order valence-electron chi connectivity index (χ3n) is 4.73. The van der Waals surface area contributed by atoms with E-state index in [9.17, 15) is 9.59 Å². The molecule has 0 saturated heterocycles. The van der Waals surface area contributed by atoms with Gasteiger partial charge in [0, 0.05) is 18.5 Å². The molecule has 3 aromatic rings. The number of benzene rings is 3. The zero-order valence-electron chi connectivity index (χ0n) is 18.7. The highest BCUT2D eigenvalue weighted by molar-refractivity contribution is 9.10. The average Bonchev–Trinajstić information content (AvgIpc) is 2.85. The number of hydrazone groups is 1. The molecule has 0 unspecified atom stereocenters. The number of amides is 2. The lowest BCUT2D eigenvalue weighted by molar-refractivity contribution is -0.120. The second-order valence-corrected chi connectivity index (χ2v) is 8.92. The van der Waals surface area contributed by atoms with Crippen molar-refractivity contribution < 1.29 is 19.1 Å². The Morgan fingerprint density at radius 1 is 1.03 bits per heavy atom. The van der Waals surface area contributed by atoms with E-state index in [2.05, 4.69) is 31.8 Å². The molecule has 0 spiro atoms. The summed E-state index contributed by atoms with van der Waals surface area (Å²) in [6.07, 6.45) is 1.60. The van der Waals surface area contributed by atoms with E-state index < -0.39 is 0 Å². The van der Waals surface area contributed by atoms with E-state index in [0.717, 1.165) is 15.6 Å². The molecule has 35 heavy (non-hydrogen) atoms. The lowest BCUT2D eigenvalue weighted by Gasteiger charge is -2.09. The standard InChI is InChI=1S/C25H22BrCl2N3O4/c1-34-19-6-4-18(5-7-19)25(33)29-11-10-24(32)31-30-14-16-3-9-23(20(26)12-16)35-15-17-2-8-21(27)22(28)13-17/h2-9,12-14H,10-11,15H2,1H3,(H,29,33)(H,31,32). The van der Waals surface area contributed by atoms with Gasteiger partial charge < -0.3 is 14.8 Å². The summed E-state index contributed by atoms with van der Waals surface area (Å²) in [4.78, 5) is 24.1. The molecule has 3 aromatic carbocycles. The van der Waals surface area contributed by atoms with Crippen LogP contribution in [0.4, 0.5) is 0 Å². The Balaban J connectivity index is 1.42. The highest BCUT2D eigenvalue weighted by Gasteiger charge is 2.07. The smallest absolute Gasteiger partial charge is 0.251 e. The van der Waals surface area contributed by atoms with Crippen molar-refractivity contribution in [2.24, 2.45) is 5.10 Å². The Bertz CT molecular complexity index is 1220. The SMILES string of the molecule is COc1ccc(C(=O)NCCC(=O)NN=Cc2ccc(OCc3ccc(Cl)c(Cl)c3)c(Br)c2)cc1. The fourth-order valence-corrected chi connectivity index (χ4v) is 3.71. The first kappa shape index (κ1) is 26.5. The van der Waals surface area contributed by atoms with Gasteiger partial charge in [-0.2, -0.15) is 5.10 Å². The van der Waals surface area contributed by atoms with Gasteiger partial charge in [-0.1, -0.05) is 29.3 Å². The Morgan fingerprint density at radius 3 is 2.49 bits per heavy atom. The van der Waals surface area contributed by atoms with Crippen LogP contribution in [0.3, 0.4) is 0 Å². The summed E-state index contributed by atoms with van der Waals surface area (Å²) >= 11 is 15.4. The van der Waals surface area contributed by atoms with E-state index in [-0.39, 0.29) is 24.8 Å². The maximum Gasteiger partial charge on any atom is 0.251 e. The summed E-state index contributed by atoms with van der Waals surface area (Å²) in [5, 5.41) is 7.61. The lowest BCUT2D eigenvalue weighted by atomic mass is 10.2. The Labute approximate surface area is 221 Å². The number of carbonyl (C=O) groups is 2. The van der Waals surface area contributed by atoms with Gasteiger partial charge in [0.05, 0.1) is 27.8 Å². The average molecular weight is 579 g/mol. The van der Waals surface area contributed by atoms with Crippen LogP contribution in [0, 0.1) is 0 Å². The van der Waals surface area contributed by atoms with E-state index in [1.807, 2.05) is 12.1 Å². The Kier molecular flexibility index (Phi) is 9.96. The molecule has 10 heteroatoms. The molecule has 0 bridgehead atoms. The minimum atomic E-state index is -0.322. The number of ether oxygens (including phenoxy) is 2. The monoisotopic (exact) mass is 577 g/mol. The number of methoxy groups -OCH3 is 1. The van der Waals surface area contributed by atoms with E-state index in [1.54, 1.807) is 55.6 Å². The molecule has 0 aliphatic heterocycles. The van der Waals surface area contributed by atoms with Gasteiger partial charge in [-0.05, 0) is 81.7 Å². The van der Waals surface area contributed by atoms with Gasteiger partial charge in [0.15, 0.2) is 0 Å². The molecule has 3 rings (SSSR count). The molecule has 0 atom stereocenters. The van der Waals surface area contributed by atoms with Gasteiger partial charge in [0.25, 0.3) is 5.91 Å². The van der Waals surface area contributed by atoms with Crippen molar-refractivity contribution in [1.82, 2.24) is 10.7 Å². The molecule has 2 N–H and O–H groups in total. The number of hydrogen-bond donors (Lipinski definition) is 2. The summed E-state index contributed by atoms with van der Waals surface area (Å²) in [5.74, 6) is 0.716. The third kappa shape index (κ3) is 8.28. The second-order valence-electron chi connectivity index (χ2n) is 7.25. The summed E-state index contributed by atoms with van der Waals surface area (Å²) in [6.45, 7) is 0.511. The zero-order valence-corrected chi connectivity index (χ0v) is 21.8. The summed E-state index contributed by atoms with van der Waals surface area (Å²) in [5.41, 5.74) is 4.57. The van der Waals surface area contributed by atoms with Crippen LogP contribution in [0.5, 0.6) is 11.5 Å². The predicted molar refractivity (Wildman–Crippen MR) is 141 cm³/mol. The fraction of sp³-hybridized carbons (Fsp3) is 0.160. The van der Waals surface area contributed by atoms with Gasteiger partial charge in [0.1, 0.15) is 18.1 Å². The van der Waals surface area contributed by atoms with Gasteiger partial charge in [-0.25, -0.2) is 5.43 Å². The van der Waals surface area contributed by atoms with Crippen LogP contribution < -0.4 is 20.2 Å². The van der Waals surface area contributed by atoms with Crippen LogP contribution >= 0.6 is 39.1 Å². The van der Waals surface area contributed by atoms with Crippen molar-refractivity contribution in [3.05, 3.63) is 91.9 Å². The van der Waals surface area contributed by atoms with Crippen molar-refractivity contribution >= 4 is 57.2 Å². The van der Waals surface area contributed by atoms with Crippen molar-refractivity contribution in [1.29, 1.82) is 0 Å². The van der Waals surface area contributed by atoms with Crippen molar-refractivity contribution in [3.8, 4) is 11.5 Å². The van der Waals surface area contributed by atoms with Crippen molar-refractivity contribution in [2.45, 2.75) is 13.0 Å². The number of nitrogens with zero attached hydrogens (tertiary/aromatic N) is 1. The molecule has 0 radical (unpaired) electrons. The van der Waals surface area contributed by atoms with Crippen LogP contribution in [0.1, 0.15) is 27.9 Å². The summed E-state index contributed by atoms with van der Waals surface area (Å²) < 4.78 is 11.6. The molecule has 0 heterocycles. The minimum absolute atomic E-state index is 0.0877. The van der Waals surface area contributed by atoms with E-state index in [0.29, 0.717) is 33.7 Å². The topological polar surface area (TPSA) is 89.0 Å². The molecular weight excluding hydrogens is 557 g/mol. The van der Waals surface area contributed by atoms with Gasteiger partial charge in [0.2, 0.25) is 5.91 Å². The highest BCUT2D eigenvalue weighted by atomic mass is 79.9. The molecule has 0 aromatic heterocycles. The maximum atomic E-state index is 12.1. The number of carbonyl (C=O) groups excluding carboxylic acids is 2. The van der Waals surface area contributed by atoms with E-state index >= 15 is 0 Å². The molecule has 0 saturated carbocycles. The van der Waals surface area contributed by atoms with Crippen molar-refractivity contribution in [2.75, 3.05) is 13.7 Å². The fourth-order valence-electron chi connectivity index (χ4n) is 2.87. The van der Waals surface area contributed by atoms with Crippen LogP contribution in [-0.2, 0) is 11.4 Å². The number of rotatable bonds is 10. The largest absolute Gasteiger partial charge is 0.497 e. The van der Waals surface area contributed by atoms with E-state index in [4.69, 9.17) is 32.7 Å². The van der Waals surface area contributed by atoms with E-state index in [1.165, 1.54) is 6.21 Å². The quantitative estimate of drug-likeness (QED) is 0.242. The molecule has 2 amide bonds. The highest BCUT2D eigenvalue weighted by Crippen LogP contribution is 2.28. The van der Waals surface area contributed by atoms with Crippen LogP contribution in [0.25, 0.3) is 0 Å². The first-order valence-corrected chi connectivity index (χ1v) is 12.0. The first-order valence-electron chi connectivity index (χ1n) is 10.5. The Morgan fingerprint density at radius 2 is 1.80 bits per heavy atom. The summed E-state index contributed by atoms with van der Waals surface area (Å²) in [6, 6.07) is 17.4. The molecule has 0 aliphatic rings. The predicted octanol–water partition coefficient (Wildman–Crippen LogP) is 5.61. The van der Waals surface area contributed by atoms with Gasteiger partial charge >= 0.3 is 0 Å². The summed E-state index contributed by atoms with van der Waals surface area (Å²) in [7, 11) is 1.56. The minimum Gasteiger partial charge on any atom is -0.497 e. The number of nitrogens with one attached hydrogen (secondary N) is 2. The van der Waals surface area contributed by atoms with Crippen LogP contribution in [0.2, 0.25) is 10.0 Å². The molecule has 0 fully saturated rings. The van der Waals surface area contributed by atoms with Crippen LogP contribution in [-0.4, -0.2) is 31.7 Å². The molecule has 0 aliphatic carbocycles. The number of halogens is 3. The molecular formula is C25H22BrCl2N3O4. The molecule has 182 valence electrons. The van der Waals surface area contributed by atoms with Gasteiger partial charge in [-0.15, -0.1) is 0 Å². The third-order valence-corrected chi connectivity index (χ3v) is 6.09. The lowest BCUT2D eigenvalue weighted by Crippen LogP contribution is -2.29.